The third-order valence-corrected chi connectivity index (χ3v) is 2.62. The summed E-state index contributed by atoms with van der Waals surface area (Å²) in [4.78, 5) is 22.3. The minimum Gasteiger partial charge on any atom is -0.385 e. The van der Waals surface area contributed by atoms with Crippen LogP contribution in [0.1, 0.15) is 19.3 Å². The maximum atomic E-state index is 11.4. The van der Waals surface area contributed by atoms with E-state index in [-0.39, 0.29) is 11.8 Å². The van der Waals surface area contributed by atoms with Crippen LogP contribution in [0.25, 0.3) is 0 Å². The number of piperidine rings is 1. The lowest BCUT2D eigenvalue weighted by atomic mass is 10.1. The average molecular weight is 259 g/mol. The zero-order valence-corrected chi connectivity index (χ0v) is 10.6. The van der Waals surface area contributed by atoms with Gasteiger partial charge in [0.25, 0.3) is 0 Å². The number of imide groups is 1. The standard InChI is InChI=1S/C10H17N3O3S/c1-16-6-2-5-11-10(17)12-7-3-4-8(14)13-9(7)15/h7H,2-6H2,1H3,(H2,11,12,17)(H,13,14,15). The van der Waals surface area contributed by atoms with Crippen molar-refractivity contribution in [3.63, 3.8) is 0 Å². The quantitative estimate of drug-likeness (QED) is 0.344. The van der Waals surface area contributed by atoms with Gasteiger partial charge in [0, 0.05) is 26.7 Å². The van der Waals surface area contributed by atoms with E-state index in [2.05, 4.69) is 16.0 Å². The summed E-state index contributed by atoms with van der Waals surface area (Å²) in [5.74, 6) is -0.547. The molecule has 3 N–H and O–H groups in total. The topological polar surface area (TPSA) is 79.5 Å². The molecule has 96 valence electrons. The van der Waals surface area contributed by atoms with E-state index in [9.17, 15) is 9.59 Å². The Bertz CT molecular complexity index is 309. The van der Waals surface area contributed by atoms with Gasteiger partial charge in [-0.05, 0) is 25.1 Å². The van der Waals surface area contributed by atoms with E-state index in [1.54, 1.807) is 7.11 Å². The van der Waals surface area contributed by atoms with Crippen molar-refractivity contribution in [2.75, 3.05) is 20.3 Å². The summed E-state index contributed by atoms with van der Waals surface area (Å²) in [6.45, 7) is 1.35. The maximum Gasteiger partial charge on any atom is 0.249 e. The van der Waals surface area contributed by atoms with Crippen molar-refractivity contribution in [3.8, 4) is 0 Å². The molecule has 1 aliphatic heterocycles. The Morgan fingerprint density at radius 2 is 2.35 bits per heavy atom. The molecule has 0 radical (unpaired) electrons. The van der Waals surface area contributed by atoms with Gasteiger partial charge in [-0.2, -0.15) is 0 Å². The van der Waals surface area contributed by atoms with Crippen LogP contribution in [-0.4, -0.2) is 43.2 Å². The van der Waals surface area contributed by atoms with Crippen LogP contribution in [0.5, 0.6) is 0 Å². The largest absolute Gasteiger partial charge is 0.385 e. The molecule has 1 aliphatic rings. The second-order valence-corrected chi connectivity index (χ2v) is 4.16. The smallest absolute Gasteiger partial charge is 0.249 e. The normalized spacial score (nSPS) is 19.7. The fraction of sp³-hybridized carbons (Fsp3) is 0.700. The van der Waals surface area contributed by atoms with E-state index >= 15 is 0 Å². The molecule has 1 saturated heterocycles. The van der Waals surface area contributed by atoms with E-state index < -0.39 is 6.04 Å². The lowest BCUT2D eigenvalue weighted by Gasteiger charge is -2.23. The number of nitrogens with one attached hydrogen (secondary N) is 3. The first-order valence-electron chi connectivity index (χ1n) is 5.50. The fourth-order valence-corrected chi connectivity index (χ4v) is 1.70. The zero-order valence-electron chi connectivity index (χ0n) is 9.75. The van der Waals surface area contributed by atoms with E-state index in [0.29, 0.717) is 31.1 Å². The number of ether oxygens (including phenoxy) is 1. The van der Waals surface area contributed by atoms with Crippen molar-refractivity contribution in [2.24, 2.45) is 0 Å². The second-order valence-electron chi connectivity index (χ2n) is 3.75. The fourth-order valence-electron chi connectivity index (χ4n) is 1.46. The van der Waals surface area contributed by atoms with Gasteiger partial charge in [-0.1, -0.05) is 0 Å². The summed E-state index contributed by atoms with van der Waals surface area (Å²) in [6.07, 6.45) is 1.66. The Morgan fingerprint density at radius 1 is 1.59 bits per heavy atom. The average Bonchev–Trinajstić information content (AvgIpc) is 2.28. The van der Waals surface area contributed by atoms with Gasteiger partial charge in [0.2, 0.25) is 11.8 Å². The molecule has 0 aromatic carbocycles. The molecule has 0 bridgehead atoms. The van der Waals surface area contributed by atoms with E-state index in [1.807, 2.05) is 0 Å². The van der Waals surface area contributed by atoms with Crippen molar-refractivity contribution in [3.05, 3.63) is 0 Å². The van der Waals surface area contributed by atoms with Gasteiger partial charge in [0.05, 0.1) is 0 Å². The van der Waals surface area contributed by atoms with Crippen molar-refractivity contribution in [1.82, 2.24) is 16.0 Å². The molecule has 1 unspecified atom stereocenters. The maximum absolute atomic E-state index is 11.4. The first-order valence-corrected chi connectivity index (χ1v) is 5.91. The Kier molecular flexibility index (Phi) is 5.85. The van der Waals surface area contributed by atoms with Crippen LogP contribution < -0.4 is 16.0 Å². The van der Waals surface area contributed by atoms with E-state index in [4.69, 9.17) is 17.0 Å². The molecular formula is C10H17N3O3S. The molecule has 0 aromatic heterocycles. The lowest BCUT2D eigenvalue weighted by Crippen LogP contribution is -2.54. The van der Waals surface area contributed by atoms with Crippen LogP contribution in [-0.2, 0) is 14.3 Å². The number of amides is 2. The molecule has 1 rings (SSSR count). The Labute approximate surface area is 105 Å². The van der Waals surface area contributed by atoms with Crippen molar-refractivity contribution in [2.45, 2.75) is 25.3 Å². The molecule has 0 spiro atoms. The number of carbonyl (C=O) groups excluding carboxylic acids is 2. The van der Waals surface area contributed by atoms with Crippen LogP contribution in [0.4, 0.5) is 0 Å². The summed E-state index contributed by atoms with van der Waals surface area (Å²) >= 11 is 5.04. The first-order chi connectivity index (χ1) is 8.13. The number of thiocarbonyl (C=S) groups is 1. The van der Waals surface area contributed by atoms with Gasteiger partial charge in [-0.3, -0.25) is 14.9 Å². The van der Waals surface area contributed by atoms with Crippen LogP contribution in [0.2, 0.25) is 0 Å². The number of carbonyl (C=O) groups is 2. The zero-order chi connectivity index (χ0) is 12.7. The molecule has 2 amide bonds. The Hall–Kier alpha value is -1.21. The summed E-state index contributed by atoms with van der Waals surface area (Å²) in [5.41, 5.74) is 0. The molecule has 0 aromatic rings. The van der Waals surface area contributed by atoms with Crippen LogP contribution >= 0.6 is 12.2 Å². The Balaban J connectivity index is 2.21. The van der Waals surface area contributed by atoms with Gasteiger partial charge >= 0.3 is 0 Å². The van der Waals surface area contributed by atoms with E-state index in [1.165, 1.54) is 0 Å². The monoisotopic (exact) mass is 259 g/mol. The molecule has 7 heteroatoms. The van der Waals surface area contributed by atoms with Crippen LogP contribution in [0.15, 0.2) is 0 Å². The van der Waals surface area contributed by atoms with Crippen molar-refractivity contribution < 1.29 is 14.3 Å². The van der Waals surface area contributed by atoms with Gasteiger partial charge < -0.3 is 15.4 Å². The van der Waals surface area contributed by atoms with Crippen molar-refractivity contribution >= 4 is 29.1 Å². The molecule has 1 fully saturated rings. The summed E-state index contributed by atoms with van der Waals surface area (Å²) < 4.78 is 4.90. The summed E-state index contributed by atoms with van der Waals surface area (Å²) in [5, 5.41) is 8.54. The summed E-state index contributed by atoms with van der Waals surface area (Å²) in [7, 11) is 1.64. The molecule has 6 nitrogen and oxygen atoms in total. The van der Waals surface area contributed by atoms with Gasteiger partial charge in [0.15, 0.2) is 5.11 Å². The van der Waals surface area contributed by atoms with Gasteiger partial charge in [0.1, 0.15) is 6.04 Å². The molecule has 17 heavy (non-hydrogen) atoms. The highest BCUT2D eigenvalue weighted by Gasteiger charge is 2.26. The predicted molar refractivity (Wildman–Crippen MR) is 66.4 cm³/mol. The highest BCUT2D eigenvalue weighted by molar-refractivity contribution is 7.80. The predicted octanol–water partition coefficient (Wildman–Crippen LogP) is -0.708. The minimum atomic E-state index is -0.421. The van der Waals surface area contributed by atoms with Crippen molar-refractivity contribution in [1.29, 1.82) is 0 Å². The number of hydrogen-bond acceptors (Lipinski definition) is 4. The second kappa shape index (κ2) is 7.18. The highest BCUT2D eigenvalue weighted by Crippen LogP contribution is 2.03. The third kappa shape index (κ3) is 5.10. The minimum absolute atomic E-state index is 0.230. The Morgan fingerprint density at radius 3 is 3.00 bits per heavy atom. The van der Waals surface area contributed by atoms with Crippen LogP contribution in [0, 0.1) is 0 Å². The van der Waals surface area contributed by atoms with Crippen LogP contribution in [0.3, 0.4) is 0 Å². The number of rotatable bonds is 5. The number of hydrogen-bond donors (Lipinski definition) is 3. The molecular weight excluding hydrogens is 242 g/mol. The van der Waals surface area contributed by atoms with Gasteiger partial charge in [-0.25, -0.2) is 0 Å². The number of methoxy groups -OCH3 is 1. The van der Waals surface area contributed by atoms with Gasteiger partial charge in [-0.15, -0.1) is 0 Å². The highest BCUT2D eigenvalue weighted by atomic mass is 32.1. The molecule has 0 aliphatic carbocycles. The first kappa shape index (κ1) is 13.9. The molecule has 1 heterocycles. The van der Waals surface area contributed by atoms with E-state index in [0.717, 1.165) is 6.42 Å². The molecule has 0 saturated carbocycles. The molecule has 1 atom stereocenters. The third-order valence-electron chi connectivity index (χ3n) is 2.36. The lowest BCUT2D eigenvalue weighted by molar-refractivity contribution is -0.134. The summed E-state index contributed by atoms with van der Waals surface area (Å²) in [6, 6.07) is -0.421. The SMILES string of the molecule is COCCCNC(=S)NC1CCC(=O)NC1=O.